The van der Waals surface area contributed by atoms with Crippen LogP contribution in [-0.4, -0.2) is 17.9 Å². The molecule has 4 rings (SSSR count). The summed E-state index contributed by atoms with van der Waals surface area (Å²) >= 11 is 4.75. The SMILES string of the molecule is O=C1NC(=Nc2ccccc2Br)SC1=Cc1ccc2c(c1)OCO2. The Morgan fingerprint density at radius 3 is 2.88 bits per heavy atom. The molecular weight excluding hydrogens is 392 g/mol. The largest absolute Gasteiger partial charge is 0.454 e. The number of fused-ring (bicyclic) bond motifs is 1. The number of hydrogen-bond acceptors (Lipinski definition) is 5. The molecule has 1 N–H and O–H groups in total. The Labute approximate surface area is 150 Å². The molecule has 2 aromatic carbocycles. The Hall–Kier alpha value is -2.25. The van der Waals surface area contributed by atoms with Crippen LogP contribution in [0.5, 0.6) is 11.5 Å². The van der Waals surface area contributed by atoms with E-state index in [4.69, 9.17) is 9.47 Å². The summed E-state index contributed by atoms with van der Waals surface area (Å²) in [5.41, 5.74) is 1.64. The smallest absolute Gasteiger partial charge is 0.264 e. The second-order valence-electron chi connectivity index (χ2n) is 5.05. The van der Waals surface area contributed by atoms with Gasteiger partial charge in [-0.05, 0) is 63.6 Å². The van der Waals surface area contributed by atoms with E-state index in [9.17, 15) is 4.79 Å². The molecule has 5 nitrogen and oxygen atoms in total. The third-order valence-electron chi connectivity index (χ3n) is 3.42. The summed E-state index contributed by atoms with van der Waals surface area (Å²) in [4.78, 5) is 17.2. The maximum absolute atomic E-state index is 12.1. The number of rotatable bonds is 2. The lowest BCUT2D eigenvalue weighted by molar-refractivity contribution is -0.115. The highest BCUT2D eigenvalue weighted by molar-refractivity contribution is 9.10. The molecule has 2 aliphatic heterocycles. The van der Waals surface area contributed by atoms with Crippen molar-refractivity contribution in [2.24, 2.45) is 4.99 Å². The Bertz CT molecular complexity index is 895. The zero-order valence-corrected chi connectivity index (χ0v) is 14.7. The van der Waals surface area contributed by atoms with Crippen molar-refractivity contribution in [1.29, 1.82) is 0 Å². The van der Waals surface area contributed by atoms with E-state index < -0.39 is 0 Å². The number of amidine groups is 1. The van der Waals surface area contributed by atoms with Crippen LogP contribution in [0.25, 0.3) is 6.08 Å². The second-order valence-corrected chi connectivity index (χ2v) is 6.93. The monoisotopic (exact) mass is 402 g/mol. The molecule has 2 aromatic rings. The molecule has 0 atom stereocenters. The highest BCUT2D eigenvalue weighted by atomic mass is 79.9. The first kappa shape index (κ1) is 15.3. The van der Waals surface area contributed by atoms with Gasteiger partial charge in [-0.3, -0.25) is 4.79 Å². The number of benzene rings is 2. The van der Waals surface area contributed by atoms with E-state index in [1.165, 1.54) is 11.8 Å². The van der Waals surface area contributed by atoms with Crippen LogP contribution < -0.4 is 14.8 Å². The van der Waals surface area contributed by atoms with Gasteiger partial charge in [0.15, 0.2) is 16.7 Å². The van der Waals surface area contributed by atoms with Crippen molar-refractivity contribution in [3.05, 3.63) is 57.4 Å². The molecule has 7 heteroatoms. The molecule has 0 saturated carbocycles. The Balaban J connectivity index is 1.59. The number of nitrogens with zero attached hydrogens (tertiary/aromatic N) is 1. The molecule has 120 valence electrons. The van der Waals surface area contributed by atoms with E-state index in [-0.39, 0.29) is 12.7 Å². The molecule has 0 aliphatic carbocycles. The number of amides is 1. The standard InChI is InChI=1S/C17H11BrN2O3S/c18-11-3-1-2-4-12(11)19-17-20-16(21)15(24-17)8-10-5-6-13-14(7-10)23-9-22-13/h1-8H,9H2,(H,19,20,21). The number of aliphatic imine (C=N–C) groups is 1. The summed E-state index contributed by atoms with van der Waals surface area (Å²) in [6.07, 6.45) is 1.81. The summed E-state index contributed by atoms with van der Waals surface area (Å²) in [6.45, 7) is 0.230. The van der Waals surface area contributed by atoms with Gasteiger partial charge in [-0.15, -0.1) is 0 Å². The highest BCUT2D eigenvalue weighted by Gasteiger charge is 2.24. The van der Waals surface area contributed by atoms with E-state index in [0.29, 0.717) is 15.8 Å². The third kappa shape index (κ3) is 3.05. The van der Waals surface area contributed by atoms with Gasteiger partial charge in [-0.1, -0.05) is 18.2 Å². The fourth-order valence-corrected chi connectivity index (χ4v) is 3.49. The molecule has 0 spiro atoms. The van der Waals surface area contributed by atoms with Gasteiger partial charge < -0.3 is 14.8 Å². The van der Waals surface area contributed by atoms with Crippen LogP contribution >= 0.6 is 27.7 Å². The van der Waals surface area contributed by atoms with Gasteiger partial charge in [0.25, 0.3) is 5.91 Å². The van der Waals surface area contributed by atoms with Crippen LogP contribution in [0.2, 0.25) is 0 Å². The van der Waals surface area contributed by atoms with Crippen molar-refractivity contribution in [3.8, 4) is 11.5 Å². The molecule has 0 aromatic heterocycles. The zero-order chi connectivity index (χ0) is 16.5. The van der Waals surface area contributed by atoms with Gasteiger partial charge in [0.1, 0.15) is 0 Å². The van der Waals surface area contributed by atoms with Gasteiger partial charge in [-0.2, -0.15) is 0 Å². The number of para-hydroxylation sites is 1. The predicted molar refractivity (Wildman–Crippen MR) is 97.5 cm³/mol. The van der Waals surface area contributed by atoms with Crippen molar-refractivity contribution in [2.75, 3.05) is 6.79 Å². The summed E-state index contributed by atoms with van der Waals surface area (Å²) < 4.78 is 11.5. The van der Waals surface area contributed by atoms with Crippen molar-refractivity contribution in [3.63, 3.8) is 0 Å². The number of hydrogen-bond donors (Lipinski definition) is 1. The summed E-state index contributed by atoms with van der Waals surface area (Å²) in [7, 11) is 0. The lowest BCUT2D eigenvalue weighted by atomic mass is 10.2. The lowest BCUT2D eigenvalue weighted by Crippen LogP contribution is -2.19. The predicted octanol–water partition coefficient (Wildman–Crippen LogP) is 4.07. The molecule has 2 aliphatic rings. The van der Waals surface area contributed by atoms with Crippen molar-refractivity contribution >= 4 is 50.5 Å². The summed E-state index contributed by atoms with van der Waals surface area (Å²) in [6, 6.07) is 13.2. The molecule has 24 heavy (non-hydrogen) atoms. The van der Waals surface area contributed by atoms with Crippen molar-refractivity contribution in [1.82, 2.24) is 5.32 Å². The quantitative estimate of drug-likeness (QED) is 0.769. The first-order valence-corrected chi connectivity index (χ1v) is 8.74. The minimum atomic E-state index is -0.163. The van der Waals surface area contributed by atoms with Gasteiger partial charge in [0.2, 0.25) is 6.79 Å². The molecule has 1 amide bonds. The van der Waals surface area contributed by atoms with Gasteiger partial charge in [-0.25, -0.2) is 4.99 Å². The van der Waals surface area contributed by atoms with Crippen LogP contribution in [0.15, 0.2) is 56.8 Å². The first-order valence-electron chi connectivity index (χ1n) is 7.13. The fraction of sp³-hybridized carbons (Fsp3) is 0.0588. The van der Waals surface area contributed by atoms with Crippen molar-refractivity contribution in [2.45, 2.75) is 0 Å². The summed E-state index contributed by atoms with van der Waals surface area (Å²) in [5, 5.41) is 3.34. The molecule has 0 unspecified atom stereocenters. The normalized spacial score (nSPS) is 19.1. The summed E-state index contributed by atoms with van der Waals surface area (Å²) in [5.74, 6) is 1.25. The maximum Gasteiger partial charge on any atom is 0.264 e. The fourth-order valence-electron chi connectivity index (χ4n) is 2.29. The topological polar surface area (TPSA) is 59.9 Å². The molecule has 0 radical (unpaired) electrons. The van der Waals surface area contributed by atoms with Crippen LogP contribution in [-0.2, 0) is 4.79 Å². The molecule has 1 fully saturated rings. The first-order chi connectivity index (χ1) is 11.7. The van der Waals surface area contributed by atoms with E-state index in [1.54, 1.807) is 0 Å². The van der Waals surface area contributed by atoms with Crippen LogP contribution in [0.1, 0.15) is 5.56 Å². The van der Waals surface area contributed by atoms with Crippen LogP contribution in [0, 0.1) is 0 Å². The number of thioether (sulfide) groups is 1. The van der Waals surface area contributed by atoms with E-state index >= 15 is 0 Å². The van der Waals surface area contributed by atoms with Crippen molar-refractivity contribution < 1.29 is 14.3 Å². The van der Waals surface area contributed by atoms with E-state index in [0.717, 1.165) is 21.5 Å². The maximum atomic E-state index is 12.1. The number of carbonyl (C=O) groups excluding carboxylic acids is 1. The molecule has 0 bridgehead atoms. The number of nitrogens with one attached hydrogen (secondary N) is 1. The Morgan fingerprint density at radius 2 is 2.00 bits per heavy atom. The number of halogens is 1. The minimum Gasteiger partial charge on any atom is -0.454 e. The Morgan fingerprint density at radius 1 is 1.17 bits per heavy atom. The van der Waals surface area contributed by atoms with Crippen LogP contribution in [0.4, 0.5) is 5.69 Å². The van der Waals surface area contributed by atoms with E-state index in [1.807, 2.05) is 48.5 Å². The van der Waals surface area contributed by atoms with E-state index in [2.05, 4.69) is 26.2 Å². The van der Waals surface area contributed by atoms with Gasteiger partial charge in [0.05, 0.1) is 10.6 Å². The third-order valence-corrected chi connectivity index (χ3v) is 5.00. The Kier molecular flexibility index (Phi) is 4.03. The van der Waals surface area contributed by atoms with Gasteiger partial charge >= 0.3 is 0 Å². The minimum absolute atomic E-state index is 0.163. The highest BCUT2D eigenvalue weighted by Crippen LogP contribution is 2.35. The molecule has 2 heterocycles. The average molecular weight is 403 g/mol. The molecular formula is C17H11BrN2O3S. The molecule has 1 saturated heterocycles. The number of ether oxygens (including phenoxy) is 2. The average Bonchev–Trinajstić information content (AvgIpc) is 3.16. The second kappa shape index (κ2) is 6.33. The van der Waals surface area contributed by atoms with Crippen LogP contribution in [0.3, 0.4) is 0 Å². The lowest BCUT2D eigenvalue weighted by Gasteiger charge is -1.99. The number of carbonyl (C=O) groups is 1. The van der Waals surface area contributed by atoms with Gasteiger partial charge in [0, 0.05) is 4.47 Å². The zero-order valence-electron chi connectivity index (χ0n) is 12.3.